The molecule has 1 aromatic rings. The summed E-state index contributed by atoms with van der Waals surface area (Å²) in [6, 6.07) is 2.04. The highest BCUT2D eigenvalue weighted by Gasteiger charge is 2.54. The van der Waals surface area contributed by atoms with Crippen LogP contribution in [0.15, 0.2) is 17.3 Å². The van der Waals surface area contributed by atoms with E-state index in [4.69, 9.17) is 10.8 Å². The van der Waals surface area contributed by atoms with Gasteiger partial charge >= 0.3 is 0 Å². The normalized spacial score (nSPS) is 25.2. The molecule has 1 amide bonds. The molecule has 0 radical (unpaired) electrons. The van der Waals surface area contributed by atoms with E-state index in [-0.39, 0.29) is 16.9 Å². The van der Waals surface area contributed by atoms with Gasteiger partial charge in [-0.1, -0.05) is 0 Å². The van der Waals surface area contributed by atoms with E-state index >= 15 is 0 Å². The summed E-state index contributed by atoms with van der Waals surface area (Å²) >= 11 is 0. The zero-order valence-corrected chi connectivity index (χ0v) is 22.2. The van der Waals surface area contributed by atoms with E-state index in [0.717, 1.165) is 74.1 Å². The summed E-state index contributed by atoms with van der Waals surface area (Å²) in [7, 11) is 3.71. The number of hydrogen-bond donors (Lipinski definition) is 6. The molecule has 3 aliphatic rings. The predicted molar refractivity (Wildman–Crippen MR) is 147 cm³/mol. The molecule has 2 bridgehead atoms. The molecule has 0 unspecified atom stereocenters. The Morgan fingerprint density at radius 3 is 2.64 bits per heavy atom. The molecule has 9 nitrogen and oxygen atoms in total. The van der Waals surface area contributed by atoms with E-state index in [2.05, 4.69) is 31.2 Å². The molecule has 0 aromatic carbocycles. The van der Waals surface area contributed by atoms with Gasteiger partial charge in [0.15, 0.2) is 0 Å². The third-order valence-electron chi connectivity index (χ3n) is 8.35. The molecule has 2 fully saturated rings. The fourth-order valence-electron chi connectivity index (χ4n) is 6.40. The van der Waals surface area contributed by atoms with Gasteiger partial charge in [0.2, 0.25) is 5.91 Å². The number of aryl methyl sites for hydroxylation is 1. The van der Waals surface area contributed by atoms with Crippen LogP contribution < -0.4 is 26.2 Å². The van der Waals surface area contributed by atoms with Crippen molar-refractivity contribution in [2.24, 2.45) is 5.41 Å². The Morgan fingerprint density at radius 1 is 1.25 bits per heavy atom. The Kier molecular flexibility index (Phi) is 7.68. The Bertz CT molecular complexity index is 1050. The van der Waals surface area contributed by atoms with Crippen molar-refractivity contribution < 1.29 is 4.79 Å². The molecule has 9 heteroatoms. The Labute approximate surface area is 214 Å². The van der Waals surface area contributed by atoms with Crippen molar-refractivity contribution in [3.8, 4) is 0 Å². The van der Waals surface area contributed by atoms with Gasteiger partial charge in [0.25, 0.3) is 0 Å². The smallest absolute Gasteiger partial charge is 0.221 e. The van der Waals surface area contributed by atoms with Gasteiger partial charge < -0.3 is 37.0 Å². The van der Waals surface area contributed by atoms with E-state index in [9.17, 15) is 4.79 Å². The number of amides is 1. The summed E-state index contributed by atoms with van der Waals surface area (Å²) in [6.45, 7) is 6.91. The lowest BCUT2D eigenvalue weighted by atomic mass is 9.83. The van der Waals surface area contributed by atoms with Crippen LogP contribution in [0.25, 0.3) is 0 Å². The largest absolute Gasteiger partial charge is 0.387 e. The summed E-state index contributed by atoms with van der Waals surface area (Å²) in [4.78, 5) is 19.2. The van der Waals surface area contributed by atoms with Gasteiger partial charge in [0.1, 0.15) is 5.82 Å². The van der Waals surface area contributed by atoms with Crippen molar-refractivity contribution >= 4 is 29.3 Å². The first kappa shape index (κ1) is 26.1. The number of nitrogens with zero attached hydrogens (tertiary/aromatic N) is 2. The number of hydrogen-bond acceptors (Lipinski definition) is 8. The minimum atomic E-state index is -0.0298. The van der Waals surface area contributed by atoms with Crippen LogP contribution in [0, 0.1) is 23.2 Å². The minimum Gasteiger partial charge on any atom is -0.387 e. The third kappa shape index (κ3) is 5.26. The van der Waals surface area contributed by atoms with Crippen LogP contribution in [0.2, 0.25) is 0 Å². The Hall–Kier alpha value is -2.94. The maximum atomic E-state index is 12.4. The van der Waals surface area contributed by atoms with Gasteiger partial charge in [0, 0.05) is 80.5 Å². The molecule has 1 aromatic heterocycles. The highest BCUT2D eigenvalue weighted by molar-refractivity contribution is 5.98. The van der Waals surface area contributed by atoms with Crippen molar-refractivity contribution in [2.75, 3.05) is 50.5 Å². The number of rotatable bonds is 11. The van der Waals surface area contributed by atoms with E-state index < -0.39 is 0 Å². The fourth-order valence-corrected chi connectivity index (χ4v) is 6.40. The van der Waals surface area contributed by atoms with Gasteiger partial charge in [-0.05, 0) is 64.5 Å². The summed E-state index contributed by atoms with van der Waals surface area (Å²) in [5, 5.41) is 29.8. The molecular weight excluding hydrogens is 452 g/mol. The Morgan fingerprint density at radius 2 is 2.00 bits per heavy atom. The molecular formula is C27H42N8O. The van der Waals surface area contributed by atoms with Crippen LogP contribution in [-0.4, -0.2) is 68.6 Å². The van der Waals surface area contributed by atoms with E-state index in [1.807, 2.05) is 34.0 Å². The van der Waals surface area contributed by atoms with Crippen LogP contribution in [0.5, 0.6) is 0 Å². The minimum absolute atomic E-state index is 0.0298. The number of carbonyl (C=O) groups excluding carboxylic acids is 1. The summed E-state index contributed by atoms with van der Waals surface area (Å²) in [5.74, 6) is 0.869. The molecule has 36 heavy (non-hydrogen) atoms. The van der Waals surface area contributed by atoms with Crippen molar-refractivity contribution in [1.82, 2.24) is 20.9 Å². The maximum absolute atomic E-state index is 12.4. The lowest BCUT2D eigenvalue weighted by Gasteiger charge is -2.36. The number of carbonyl (C=O) groups is 1. The molecule has 6 N–H and O–H groups in total. The molecule has 4 rings (SSSR count). The van der Waals surface area contributed by atoms with Crippen LogP contribution in [0.3, 0.4) is 0 Å². The number of anilines is 2. The lowest BCUT2D eigenvalue weighted by molar-refractivity contribution is -0.122. The SMILES string of the molecule is CNCCC(=O)NC12CCC(CNC3=C(C(C)=N)CN(c4cc(C)nc(NC)c4C=N)CC3)(CC1)C2. The molecule has 0 spiro atoms. The van der Waals surface area contributed by atoms with Crippen molar-refractivity contribution in [2.45, 2.75) is 64.3 Å². The summed E-state index contributed by atoms with van der Waals surface area (Å²) in [6.07, 6.45) is 8.17. The Balaban J connectivity index is 1.45. The number of nitrogens with one attached hydrogen (secondary N) is 6. The van der Waals surface area contributed by atoms with Crippen molar-refractivity contribution in [3.63, 3.8) is 0 Å². The van der Waals surface area contributed by atoms with Gasteiger partial charge in [-0.3, -0.25) is 4.79 Å². The van der Waals surface area contributed by atoms with Crippen molar-refractivity contribution in [3.05, 3.63) is 28.6 Å². The first-order chi connectivity index (χ1) is 17.2. The molecule has 1 aliphatic heterocycles. The second-order valence-electron chi connectivity index (χ2n) is 10.9. The fraction of sp³-hybridized carbons (Fsp3) is 0.630. The average molecular weight is 495 g/mol. The van der Waals surface area contributed by atoms with Crippen molar-refractivity contribution in [1.29, 1.82) is 10.8 Å². The van der Waals surface area contributed by atoms with E-state index in [1.54, 1.807) is 0 Å². The average Bonchev–Trinajstić information content (AvgIpc) is 3.41. The lowest BCUT2D eigenvalue weighted by Crippen LogP contribution is -2.45. The molecule has 2 saturated carbocycles. The molecule has 0 saturated heterocycles. The van der Waals surface area contributed by atoms with Crippen LogP contribution in [0.1, 0.15) is 63.1 Å². The van der Waals surface area contributed by atoms with Gasteiger partial charge in [-0.15, -0.1) is 0 Å². The van der Waals surface area contributed by atoms with Crippen LogP contribution >= 0.6 is 0 Å². The topological polar surface area (TPSA) is 129 Å². The standard InChI is InChI=1S/C27H42N8O/c1-18-13-23(20(14-28)25(31-4)33-18)35-12-6-22(21(15-35)19(2)29)32-17-26-7-9-27(16-26,10-8-26)34-24(36)5-11-30-3/h13-14,28-30,32H,5-12,15-17H2,1-4H3,(H,31,33)(H,34,36). The third-order valence-corrected chi connectivity index (χ3v) is 8.35. The second-order valence-corrected chi connectivity index (χ2v) is 10.9. The van der Waals surface area contributed by atoms with Crippen LogP contribution in [-0.2, 0) is 4.79 Å². The maximum Gasteiger partial charge on any atom is 0.221 e. The first-order valence-corrected chi connectivity index (χ1v) is 13.2. The molecule has 2 heterocycles. The van der Waals surface area contributed by atoms with Gasteiger partial charge in [-0.25, -0.2) is 4.98 Å². The second kappa shape index (κ2) is 10.6. The number of aromatic nitrogens is 1. The zero-order chi connectivity index (χ0) is 25.9. The highest BCUT2D eigenvalue weighted by Crippen LogP contribution is 2.56. The zero-order valence-electron chi connectivity index (χ0n) is 22.2. The monoisotopic (exact) mass is 494 g/mol. The molecule has 0 atom stereocenters. The highest BCUT2D eigenvalue weighted by atomic mass is 16.1. The van der Waals surface area contributed by atoms with E-state index in [1.165, 1.54) is 11.9 Å². The van der Waals surface area contributed by atoms with Gasteiger partial charge in [0.05, 0.1) is 11.3 Å². The van der Waals surface area contributed by atoms with E-state index in [0.29, 0.717) is 31.0 Å². The van der Waals surface area contributed by atoms with Gasteiger partial charge in [-0.2, -0.15) is 0 Å². The number of pyridine rings is 1. The quantitative estimate of drug-likeness (QED) is 0.263. The van der Waals surface area contributed by atoms with Crippen LogP contribution in [0.4, 0.5) is 11.5 Å². The summed E-state index contributed by atoms with van der Waals surface area (Å²) < 4.78 is 0. The number of fused-ring (bicyclic) bond motifs is 2. The summed E-state index contributed by atoms with van der Waals surface area (Å²) in [5.41, 5.74) is 5.66. The first-order valence-electron chi connectivity index (χ1n) is 13.2. The predicted octanol–water partition coefficient (Wildman–Crippen LogP) is 2.95. The molecule has 2 aliphatic carbocycles. The molecule has 196 valence electrons.